The molecule has 0 saturated heterocycles. The van der Waals surface area contributed by atoms with Gasteiger partial charge in [-0.15, -0.1) is 0 Å². The van der Waals surface area contributed by atoms with E-state index in [0.717, 1.165) is 18.3 Å². The van der Waals surface area contributed by atoms with Crippen LogP contribution in [0.25, 0.3) is 0 Å². The lowest BCUT2D eigenvalue weighted by molar-refractivity contribution is 0.297. The maximum Gasteiger partial charge on any atom is 0.213 e. The summed E-state index contributed by atoms with van der Waals surface area (Å²) in [6, 6.07) is 0.636. The van der Waals surface area contributed by atoms with Crippen molar-refractivity contribution in [1.82, 2.24) is 15.5 Å². The molecule has 2 rings (SSSR count). The largest absolute Gasteiger partial charge is 0.343 e. The molecule has 78 valence electrons. The Labute approximate surface area is 84.1 Å². The molecular formula is C10H17N3O. The van der Waals surface area contributed by atoms with Crippen LogP contribution in [0.3, 0.4) is 0 Å². The topological polar surface area (TPSA) is 51.0 Å². The van der Waals surface area contributed by atoms with Crippen molar-refractivity contribution in [2.75, 3.05) is 0 Å². The molecule has 2 atom stereocenters. The van der Waals surface area contributed by atoms with Gasteiger partial charge in [-0.05, 0) is 18.8 Å². The lowest BCUT2D eigenvalue weighted by Gasteiger charge is -2.27. The molecule has 1 fully saturated rings. The second kappa shape index (κ2) is 4.55. The van der Waals surface area contributed by atoms with Crippen LogP contribution in [0.5, 0.6) is 0 Å². The SMILES string of the molecule is CC1CCCC(NCc2ncon2)C1. The van der Waals surface area contributed by atoms with Crippen LogP contribution in [0.4, 0.5) is 0 Å². The molecule has 1 heterocycles. The third kappa shape index (κ3) is 2.54. The summed E-state index contributed by atoms with van der Waals surface area (Å²) in [6.45, 7) is 3.05. The molecule has 0 amide bonds. The lowest BCUT2D eigenvalue weighted by Crippen LogP contribution is -2.33. The number of hydrogen-bond donors (Lipinski definition) is 1. The Kier molecular flexibility index (Phi) is 3.14. The molecule has 1 aliphatic rings. The Balaban J connectivity index is 1.75. The van der Waals surface area contributed by atoms with Crippen molar-refractivity contribution in [3.05, 3.63) is 12.2 Å². The quantitative estimate of drug-likeness (QED) is 0.798. The fraction of sp³-hybridized carbons (Fsp3) is 0.800. The summed E-state index contributed by atoms with van der Waals surface area (Å²) >= 11 is 0. The maximum atomic E-state index is 4.67. The highest BCUT2D eigenvalue weighted by molar-refractivity contribution is 4.81. The Hall–Kier alpha value is -0.900. The zero-order valence-electron chi connectivity index (χ0n) is 8.57. The van der Waals surface area contributed by atoms with Gasteiger partial charge in [0.1, 0.15) is 0 Å². The average Bonchev–Trinajstić information content (AvgIpc) is 2.67. The molecule has 0 bridgehead atoms. The average molecular weight is 195 g/mol. The molecule has 0 aliphatic heterocycles. The van der Waals surface area contributed by atoms with Gasteiger partial charge in [-0.1, -0.05) is 24.9 Å². The van der Waals surface area contributed by atoms with Crippen molar-refractivity contribution in [2.45, 2.75) is 45.2 Å². The molecular weight excluding hydrogens is 178 g/mol. The van der Waals surface area contributed by atoms with E-state index in [0.29, 0.717) is 6.04 Å². The Morgan fingerprint density at radius 1 is 1.57 bits per heavy atom. The van der Waals surface area contributed by atoms with Gasteiger partial charge in [0.15, 0.2) is 5.82 Å². The fourth-order valence-electron chi connectivity index (χ4n) is 2.13. The standard InChI is InChI=1S/C10H17N3O/c1-8-3-2-4-9(5-8)11-6-10-12-7-14-13-10/h7-9,11H,2-6H2,1H3. The molecule has 1 aromatic heterocycles. The Morgan fingerprint density at radius 3 is 3.21 bits per heavy atom. The number of rotatable bonds is 3. The van der Waals surface area contributed by atoms with E-state index in [2.05, 4.69) is 26.9 Å². The number of hydrogen-bond acceptors (Lipinski definition) is 4. The molecule has 4 heteroatoms. The van der Waals surface area contributed by atoms with Crippen molar-refractivity contribution < 1.29 is 4.52 Å². The van der Waals surface area contributed by atoms with Gasteiger partial charge in [-0.25, -0.2) is 0 Å². The zero-order chi connectivity index (χ0) is 9.80. The van der Waals surface area contributed by atoms with E-state index in [-0.39, 0.29) is 0 Å². The summed E-state index contributed by atoms with van der Waals surface area (Å²) in [7, 11) is 0. The minimum absolute atomic E-state index is 0.636. The van der Waals surface area contributed by atoms with Gasteiger partial charge in [-0.2, -0.15) is 4.98 Å². The van der Waals surface area contributed by atoms with E-state index >= 15 is 0 Å². The highest BCUT2D eigenvalue weighted by atomic mass is 16.5. The molecule has 0 spiro atoms. The summed E-state index contributed by atoms with van der Waals surface area (Å²) in [5, 5.41) is 7.24. The van der Waals surface area contributed by atoms with Crippen LogP contribution in [-0.4, -0.2) is 16.2 Å². The molecule has 1 saturated carbocycles. The fourth-order valence-corrected chi connectivity index (χ4v) is 2.13. The second-order valence-electron chi connectivity index (χ2n) is 4.20. The van der Waals surface area contributed by atoms with Crippen molar-refractivity contribution in [2.24, 2.45) is 5.92 Å². The molecule has 1 aliphatic carbocycles. The van der Waals surface area contributed by atoms with Gasteiger partial charge in [0, 0.05) is 6.04 Å². The van der Waals surface area contributed by atoms with Crippen LogP contribution < -0.4 is 5.32 Å². The predicted molar refractivity (Wildman–Crippen MR) is 52.6 cm³/mol. The number of aromatic nitrogens is 2. The lowest BCUT2D eigenvalue weighted by atomic mass is 9.87. The van der Waals surface area contributed by atoms with Crippen LogP contribution in [-0.2, 0) is 6.54 Å². The Bertz CT molecular complexity index is 260. The van der Waals surface area contributed by atoms with Crippen molar-refractivity contribution in [1.29, 1.82) is 0 Å². The smallest absolute Gasteiger partial charge is 0.213 e. The molecule has 2 unspecified atom stereocenters. The van der Waals surface area contributed by atoms with E-state index in [4.69, 9.17) is 0 Å². The minimum atomic E-state index is 0.636. The molecule has 0 aromatic carbocycles. The summed E-state index contributed by atoms with van der Waals surface area (Å²) in [5.74, 6) is 1.61. The van der Waals surface area contributed by atoms with Crippen LogP contribution in [0.2, 0.25) is 0 Å². The molecule has 1 aromatic rings. The van der Waals surface area contributed by atoms with Gasteiger partial charge >= 0.3 is 0 Å². The first-order valence-electron chi connectivity index (χ1n) is 5.33. The first kappa shape index (κ1) is 9.65. The zero-order valence-corrected chi connectivity index (χ0v) is 8.57. The van der Waals surface area contributed by atoms with Crippen LogP contribution in [0.1, 0.15) is 38.4 Å². The number of nitrogens with one attached hydrogen (secondary N) is 1. The first-order chi connectivity index (χ1) is 6.84. The van der Waals surface area contributed by atoms with Gasteiger partial charge in [0.2, 0.25) is 6.39 Å². The highest BCUT2D eigenvalue weighted by Gasteiger charge is 2.18. The Morgan fingerprint density at radius 2 is 2.50 bits per heavy atom. The molecule has 4 nitrogen and oxygen atoms in total. The van der Waals surface area contributed by atoms with Gasteiger partial charge in [-0.3, -0.25) is 0 Å². The normalized spacial score (nSPS) is 27.8. The van der Waals surface area contributed by atoms with Gasteiger partial charge < -0.3 is 9.84 Å². The summed E-state index contributed by atoms with van der Waals surface area (Å²) in [4.78, 5) is 3.98. The molecule has 1 N–H and O–H groups in total. The molecule has 14 heavy (non-hydrogen) atoms. The predicted octanol–water partition coefficient (Wildman–Crippen LogP) is 1.74. The van der Waals surface area contributed by atoms with Crippen LogP contribution >= 0.6 is 0 Å². The van der Waals surface area contributed by atoms with Crippen molar-refractivity contribution in [3.8, 4) is 0 Å². The van der Waals surface area contributed by atoms with Crippen LogP contribution in [0, 0.1) is 5.92 Å². The third-order valence-corrected chi connectivity index (χ3v) is 2.89. The van der Waals surface area contributed by atoms with Gasteiger partial charge in [0.05, 0.1) is 6.54 Å². The van der Waals surface area contributed by atoms with E-state index in [1.165, 1.54) is 32.1 Å². The summed E-state index contributed by atoms with van der Waals surface area (Å²) in [6.07, 6.45) is 6.64. The monoisotopic (exact) mass is 195 g/mol. The number of nitrogens with zero attached hydrogens (tertiary/aromatic N) is 2. The van der Waals surface area contributed by atoms with E-state index < -0.39 is 0 Å². The van der Waals surface area contributed by atoms with E-state index in [1.807, 2.05) is 0 Å². The summed E-state index contributed by atoms with van der Waals surface area (Å²) < 4.78 is 4.67. The van der Waals surface area contributed by atoms with Crippen LogP contribution in [0.15, 0.2) is 10.9 Å². The molecule has 0 radical (unpaired) electrons. The summed E-state index contributed by atoms with van der Waals surface area (Å²) in [5.41, 5.74) is 0. The highest BCUT2D eigenvalue weighted by Crippen LogP contribution is 2.23. The van der Waals surface area contributed by atoms with E-state index in [1.54, 1.807) is 0 Å². The first-order valence-corrected chi connectivity index (χ1v) is 5.33. The van der Waals surface area contributed by atoms with Crippen molar-refractivity contribution >= 4 is 0 Å². The second-order valence-corrected chi connectivity index (χ2v) is 4.20. The van der Waals surface area contributed by atoms with Crippen molar-refractivity contribution in [3.63, 3.8) is 0 Å². The van der Waals surface area contributed by atoms with E-state index in [9.17, 15) is 0 Å². The third-order valence-electron chi connectivity index (χ3n) is 2.89. The van der Waals surface area contributed by atoms with Gasteiger partial charge in [0.25, 0.3) is 0 Å². The minimum Gasteiger partial charge on any atom is -0.343 e. The maximum absolute atomic E-state index is 4.67.